The zero-order valence-corrected chi connectivity index (χ0v) is 13.5. The van der Waals surface area contributed by atoms with Crippen LogP contribution in [0.1, 0.15) is 51.4 Å². The van der Waals surface area contributed by atoms with E-state index in [0.29, 0.717) is 25.4 Å². The normalized spacial score (nSPS) is 22.4. The Morgan fingerprint density at radius 1 is 0.952 bits per heavy atom. The predicted octanol–water partition coefficient (Wildman–Crippen LogP) is 1.36. The van der Waals surface area contributed by atoms with Gasteiger partial charge in [0.1, 0.15) is 0 Å². The number of amides is 2. The lowest BCUT2D eigenvalue weighted by Crippen LogP contribution is -2.43. The summed E-state index contributed by atoms with van der Waals surface area (Å²) in [7, 11) is 0. The molecule has 1 saturated heterocycles. The molecule has 1 unspecified atom stereocenters. The first-order valence-electron chi connectivity index (χ1n) is 8.03. The van der Waals surface area contributed by atoms with Crippen molar-refractivity contribution in [2.45, 2.75) is 57.4 Å². The molecule has 1 aliphatic carbocycles. The van der Waals surface area contributed by atoms with E-state index in [2.05, 4.69) is 16.0 Å². The number of carbonyl (C=O) groups excluding carboxylic acids is 2. The Bertz CT molecular complexity index is 327. The molecule has 5 nitrogen and oxygen atoms in total. The molecule has 3 N–H and O–H groups in total. The van der Waals surface area contributed by atoms with Crippen LogP contribution in [-0.2, 0) is 9.59 Å². The van der Waals surface area contributed by atoms with Crippen LogP contribution in [-0.4, -0.2) is 37.5 Å². The van der Waals surface area contributed by atoms with Gasteiger partial charge in [0.25, 0.3) is 0 Å². The quantitative estimate of drug-likeness (QED) is 0.648. The second-order valence-electron chi connectivity index (χ2n) is 6.00. The second kappa shape index (κ2) is 10.0. The fraction of sp³-hybridized carbons (Fsp3) is 0.867. The van der Waals surface area contributed by atoms with Gasteiger partial charge in [0, 0.05) is 19.5 Å². The molecule has 2 rings (SSSR count). The van der Waals surface area contributed by atoms with Gasteiger partial charge in [-0.3, -0.25) is 9.59 Å². The summed E-state index contributed by atoms with van der Waals surface area (Å²) in [5.41, 5.74) is 0. The van der Waals surface area contributed by atoms with Crippen molar-refractivity contribution in [3.05, 3.63) is 0 Å². The van der Waals surface area contributed by atoms with Crippen molar-refractivity contribution in [1.29, 1.82) is 0 Å². The average molecular weight is 318 g/mol. The second-order valence-corrected chi connectivity index (χ2v) is 6.00. The van der Waals surface area contributed by atoms with Gasteiger partial charge < -0.3 is 16.0 Å². The molecule has 6 heteroatoms. The van der Waals surface area contributed by atoms with E-state index in [-0.39, 0.29) is 30.3 Å². The number of nitrogens with one attached hydrogen (secondary N) is 3. The number of rotatable bonds is 6. The molecule has 1 aliphatic heterocycles. The molecular formula is C15H28ClN3O2. The van der Waals surface area contributed by atoms with Crippen molar-refractivity contribution in [2.75, 3.05) is 19.6 Å². The highest BCUT2D eigenvalue weighted by Crippen LogP contribution is 2.25. The maximum absolute atomic E-state index is 11.8. The van der Waals surface area contributed by atoms with Crippen LogP contribution in [0.25, 0.3) is 0 Å². The van der Waals surface area contributed by atoms with Crippen LogP contribution in [0.2, 0.25) is 0 Å². The standard InChI is InChI=1S/C15H27N3O2.ClH/c19-14(11-12-5-2-1-3-6-12)17-9-10-18-15(20)13-7-4-8-16-13;/h12-13,16H,1-11H2,(H,17,19)(H,18,20);1H. The zero-order chi connectivity index (χ0) is 14.2. The molecule has 2 aliphatic rings. The Morgan fingerprint density at radius 2 is 1.67 bits per heavy atom. The summed E-state index contributed by atoms with van der Waals surface area (Å²) in [4.78, 5) is 23.5. The summed E-state index contributed by atoms with van der Waals surface area (Å²) >= 11 is 0. The molecule has 2 amide bonds. The highest BCUT2D eigenvalue weighted by Gasteiger charge is 2.21. The summed E-state index contributed by atoms with van der Waals surface area (Å²) in [5.74, 6) is 0.759. The third kappa shape index (κ3) is 6.66. The Kier molecular flexibility index (Phi) is 8.69. The van der Waals surface area contributed by atoms with Crippen molar-refractivity contribution >= 4 is 24.2 Å². The summed E-state index contributed by atoms with van der Waals surface area (Å²) < 4.78 is 0. The van der Waals surface area contributed by atoms with Crippen molar-refractivity contribution in [2.24, 2.45) is 5.92 Å². The summed E-state index contributed by atoms with van der Waals surface area (Å²) in [6.07, 6.45) is 8.87. The minimum Gasteiger partial charge on any atom is -0.354 e. The molecule has 122 valence electrons. The Hall–Kier alpha value is -0.810. The first kappa shape index (κ1) is 18.2. The third-order valence-corrected chi connectivity index (χ3v) is 4.32. The van der Waals surface area contributed by atoms with Gasteiger partial charge in [0.15, 0.2) is 0 Å². The SMILES string of the molecule is Cl.O=C(CC1CCCCC1)NCCNC(=O)C1CCCN1. The van der Waals surface area contributed by atoms with Crippen LogP contribution in [0.15, 0.2) is 0 Å². The van der Waals surface area contributed by atoms with E-state index in [0.717, 1.165) is 19.4 Å². The predicted molar refractivity (Wildman–Crippen MR) is 85.5 cm³/mol. The molecule has 0 radical (unpaired) electrons. The van der Waals surface area contributed by atoms with E-state index in [1.807, 2.05) is 0 Å². The molecule has 0 aromatic carbocycles. The van der Waals surface area contributed by atoms with Gasteiger partial charge in [-0.2, -0.15) is 0 Å². The van der Waals surface area contributed by atoms with Gasteiger partial charge in [-0.1, -0.05) is 19.3 Å². The Balaban J connectivity index is 0.00000220. The molecule has 1 saturated carbocycles. The summed E-state index contributed by atoms with van der Waals surface area (Å²) in [6, 6.07) is -0.0343. The maximum Gasteiger partial charge on any atom is 0.237 e. The van der Waals surface area contributed by atoms with E-state index in [1.165, 1.54) is 32.1 Å². The monoisotopic (exact) mass is 317 g/mol. The fourth-order valence-corrected chi connectivity index (χ4v) is 3.14. The molecule has 0 bridgehead atoms. The molecule has 21 heavy (non-hydrogen) atoms. The van der Waals surface area contributed by atoms with Crippen molar-refractivity contribution < 1.29 is 9.59 Å². The van der Waals surface area contributed by atoms with E-state index >= 15 is 0 Å². The minimum atomic E-state index is -0.0343. The molecule has 1 atom stereocenters. The lowest BCUT2D eigenvalue weighted by atomic mass is 9.87. The number of hydrogen-bond acceptors (Lipinski definition) is 3. The van der Waals surface area contributed by atoms with Crippen molar-refractivity contribution in [1.82, 2.24) is 16.0 Å². The topological polar surface area (TPSA) is 70.2 Å². The van der Waals surface area contributed by atoms with Gasteiger partial charge in [-0.15, -0.1) is 12.4 Å². The largest absolute Gasteiger partial charge is 0.354 e. The van der Waals surface area contributed by atoms with Gasteiger partial charge >= 0.3 is 0 Å². The van der Waals surface area contributed by atoms with Gasteiger partial charge in [-0.25, -0.2) is 0 Å². The molecule has 0 aromatic heterocycles. The van der Waals surface area contributed by atoms with E-state index in [4.69, 9.17) is 0 Å². The van der Waals surface area contributed by atoms with E-state index in [9.17, 15) is 9.59 Å². The lowest BCUT2D eigenvalue weighted by Gasteiger charge is -2.20. The van der Waals surface area contributed by atoms with Gasteiger partial charge in [0.05, 0.1) is 6.04 Å². The third-order valence-electron chi connectivity index (χ3n) is 4.32. The van der Waals surface area contributed by atoms with Crippen LogP contribution in [0.3, 0.4) is 0 Å². The van der Waals surface area contributed by atoms with E-state index in [1.54, 1.807) is 0 Å². The number of carbonyl (C=O) groups is 2. The summed E-state index contributed by atoms with van der Waals surface area (Å²) in [5, 5.41) is 8.93. The lowest BCUT2D eigenvalue weighted by molar-refractivity contribution is -0.124. The van der Waals surface area contributed by atoms with Crippen LogP contribution >= 0.6 is 12.4 Å². The summed E-state index contributed by atoms with van der Waals surface area (Å²) in [6.45, 7) is 1.98. The first-order chi connectivity index (χ1) is 9.75. The van der Waals surface area contributed by atoms with Crippen LogP contribution in [0.4, 0.5) is 0 Å². The Labute approximate surface area is 133 Å². The zero-order valence-electron chi connectivity index (χ0n) is 12.7. The highest BCUT2D eigenvalue weighted by molar-refractivity contribution is 5.85. The van der Waals surface area contributed by atoms with Crippen LogP contribution in [0, 0.1) is 5.92 Å². The molecule has 0 spiro atoms. The fourth-order valence-electron chi connectivity index (χ4n) is 3.14. The molecule has 0 aromatic rings. The smallest absolute Gasteiger partial charge is 0.237 e. The van der Waals surface area contributed by atoms with Gasteiger partial charge in [0.2, 0.25) is 11.8 Å². The average Bonchev–Trinajstić information content (AvgIpc) is 2.99. The van der Waals surface area contributed by atoms with Crippen molar-refractivity contribution in [3.63, 3.8) is 0 Å². The first-order valence-corrected chi connectivity index (χ1v) is 8.03. The van der Waals surface area contributed by atoms with Crippen LogP contribution < -0.4 is 16.0 Å². The highest BCUT2D eigenvalue weighted by atomic mass is 35.5. The maximum atomic E-state index is 11.8. The van der Waals surface area contributed by atoms with Crippen LogP contribution in [0.5, 0.6) is 0 Å². The van der Waals surface area contributed by atoms with Crippen molar-refractivity contribution in [3.8, 4) is 0 Å². The van der Waals surface area contributed by atoms with Gasteiger partial charge in [-0.05, 0) is 38.1 Å². The molecular weight excluding hydrogens is 290 g/mol. The number of hydrogen-bond donors (Lipinski definition) is 3. The van der Waals surface area contributed by atoms with E-state index < -0.39 is 0 Å². The minimum absolute atomic E-state index is 0. The molecule has 1 heterocycles. The molecule has 2 fully saturated rings. The number of halogens is 1. The Morgan fingerprint density at radius 3 is 2.33 bits per heavy atom.